The molecule has 2 aromatic rings. The third-order valence-corrected chi connectivity index (χ3v) is 8.97. The quantitative estimate of drug-likeness (QED) is 0.389. The van der Waals surface area contributed by atoms with Gasteiger partial charge in [0.2, 0.25) is 5.95 Å². The molecule has 9 heteroatoms. The van der Waals surface area contributed by atoms with Gasteiger partial charge in [-0.05, 0) is 115 Å². The largest absolute Gasteiger partial charge is 0.393 e. The van der Waals surface area contributed by atoms with Crippen LogP contribution in [-0.2, 0) is 0 Å². The van der Waals surface area contributed by atoms with Gasteiger partial charge in [-0.1, -0.05) is 11.6 Å². The Hall–Kier alpha value is -2.00. The monoisotopic (exact) mass is 541 g/mol. The van der Waals surface area contributed by atoms with Crippen molar-refractivity contribution in [2.45, 2.75) is 89.3 Å². The molecule has 0 aromatic carbocycles. The standard InChI is InChI=1S/C29H44ClN7O/c1-20(2)37-15-8-21(9-16-37)19-36-13-10-22(11-14-36)26-18-32-29(34-24-7-12-31-27(30)17-24)35-28(26)33-23-3-5-25(38)6-4-23/h7,12,17-18,20-23,25,38H,3-6,8-11,13-16,19H2,1-2H3,(H2,31,32,33,34,35). The van der Waals surface area contributed by atoms with Crippen molar-refractivity contribution in [1.29, 1.82) is 0 Å². The smallest absolute Gasteiger partial charge is 0.229 e. The number of hydrogen-bond acceptors (Lipinski definition) is 8. The van der Waals surface area contributed by atoms with Crippen LogP contribution in [0, 0.1) is 5.92 Å². The first-order valence-corrected chi connectivity index (χ1v) is 15.0. The number of halogens is 1. The fraction of sp³-hybridized carbons (Fsp3) is 0.690. The van der Waals surface area contributed by atoms with Crippen LogP contribution in [0.1, 0.15) is 76.7 Å². The Kier molecular flexibility index (Phi) is 9.36. The van der Waals surface area contributed by atoms with Gasteiger partial charge in [0, 0.05) is 42.3 Å². The molecular weight excluding hydrogens is 498 g/mol. The van der Waals surface area contributed by atoms with Crippen molar-refractivity contribution < 1.29 is 5.11 Å². The van der Waals surface area contributed by atoms with E-state index in [1.54, 1.807) is 12.3 Å². The van der Waals surface area contributed by atoms with Crippen molar-refractivity contribution >= 4 is 29.1 Å². The van der Waals surface area contributed by atoms with Gasteiger partial charge in [0.25, 0.3) is 0 Å². The van der Waals surface area contributed by atoms with E-state index in [0.29, 0.717) is 29.1 Å². The van der Waals surface area contributed by atoms with Crippen LogP contribution in [0.4, 0.5) is 17.5 Å². The predicted molar refractivity (Wildman–Crippen MR) is 154 cm³/mol. The number of likely N-dealkylation sites (tertiary alicyclic amines) is 2. The van der Waals surface area contributed by atoms with Crippen molar-refractivity contribution in [3.63, 3.8) is 0 Å². The van der Waals surface area contributed by atoms with Gasteiger partial charge in [-0.25, -0.2) is 9.97 Å². The van der Waals surface area contributed by atoms with Crippen molar-refractivity contribution in [3.8, 4) is 0 Å². The summed E-state index contributed by atoms with van der Waals surface area (Å²) in [4.78, 5) is 19.0. The fourth-order valence-electron chi connectivity index (χ4n) is 6.33. The van der Waals surface area contributed by atoms with Crippen LogP contribution in [0.3, 0.4) is 0 Å². The second kappa shape index (κ2) is 12.9. The zero-order chi connectivity index (χ0) is 26.5. The molecule has 0 atom stereocenters. The SMILES string of the molecule is CC(C)N1CCC(CN2CCC(c3cnc(Nc4ccnc(Cl)c4)nc3NC3CCC(O)CC3)CC2)CC1. The van der Waals surface area contributed by atoms with Crippen LogP contribution in [0.2, 0.25) is 5.15 Å². The van der Waals surface area contributed by atoms with Gasteiger partial charge in [-0.15, -0.1) is 0 Å². The summed E-state index contributed by atoms with van der Waals surface area (Å²) in [5.74, 6) is 2.77. The van der Waals surface area contributed by atoms with Crippen molar-refractivity contribution in [2.75, 3.05) is 43.4 Å². The summed E-state index contributed by atoms with van der Waals surface area (Å²) in [7, 11) is 0. The minimum atomic E-state index is -0.173. The Morgan fingerprint density at radius 2 is 1.74 bits per heavy atom. The maximum absolute atomic E-state index is 9.98. The lowest BCUT2D eigenvalue weighted by Gasteiger charge is -2.39. The molecule has 2 aromatic heterocycles. The molecule has 3 aliphatic rings. The van der Waals surface area contributed by atoms with Gasteiger partial charge in [-0.3, -0.25) is 0 Å². The zero-order valence-corrected chi connectivity index (χ0v) is 23.7. The number of piperidine rings is 2. The van der Waals surface area contributed by atoms with E-state index in [-0.39, 0.29) is 6.10 Å². The number of aromatic nitrogens is 3. The summed E-state index contributed by atoms with van der Waals surface area (Å²) in [6.07, 6.45) is 12.0. The molecule has 0 bridgehead atoms. The first-order chi connectivity index (χ1) is 18.4. The van der Waals surface area contributed by atoms with Crippen LogP contribution >= 0.6 is 11.6 Å². The molecular formula is C29H44ClN7O. The second-order valence-electron chi connectivity index (χ2n) is 11.8. The number of hydrogen-bond donors (Lipinski definition) is 3. The zero-order valence-electron chi connectivity index (χ0n) is 22.9. The molecule has 1 aliphatic carbocycles. The molecule has 0 amide bonds. The molecule has 208 valence electrons. The molecule has 3 fully saturated rings. The lowest BCUT2D eigenvalue weighted by atomic mass is 9.88. The number of nitrogens with zero attached hydrogens (tertiary/aromatic N) is 5. The Morgan fingerprint density at radius 1 is 1.00 bits per heavy atom. The van der Waals surface area contributed by atoms with Crippen LogP contribution in [0.5, 0.6) is 0 Å². The van der Waals surface area contributed by atoms with Crippen LogP contribution in [0.25, 0.3) is 0 Å². The summed E-state index contributed by atoms with van der Waals surface area (Å²) in [5, 5.41) is 17.4. The normalized spacial score (nSPS) is 24.6. The lowest BCUT2D eigenvalue weighted by molar-refractivity contribution is 0.111. The Balaban J connectivity index is 1.23. The topological polar surface area (TPSA) is 89.4 Å². The summed E-state index contributed by atoms with van der Waals surface area (Å²) < 4.78 is 0. The number of nitrogens with one attached hydrogen (secondary N) is 2. The van der Waals surface area contributed by atoms with Gasteiger partial charge in [0.15, 0.2) is 0 Å². The highest BCUT2D eigenvalue weighted by Gasteiger charge is 2.28. The molecule has 0 unspecified atom stereocenters. The van der Waals surface area contributed by atoms with Crippen LogP contribution in [0.15, 0.2) is 24.5 Å². The molecule has 0 radical (unpaired) electrons. The molecule has 0 spiro atoms. The molecule has 8 nitrogen and oxygen atoms in total. The van der Waals surface area contributed by atoms with E-state index in [1.807, 2.05) is 12.3 Å². The van der Waals surface area contributed by atoms with E-state index in [1.165, 1.54) is 38.0 Å². The van der Waals surface area contributed by atoms with Crippen LogP contribution in [-0.4, -0.2) is 80.8 Å². The molecule has 2 aliphatic heterocycles. The van der Waals surface area contributed by atoms with E-state index in [4.69, 9.17) is 21.6 Å². The molecule has 4 heterocycles. The minimum absolute atomic E-state index is 0.173. The number of aliphatic hydroxyl groups excluding tert-OH is 1. The van der Waals surface area contributed by atoms with E-state index < -0.39 is 0 Å². The number of anilines is 3. The highest BCUT2D eigenvalue weighted by atomic mass is 35.5. The van der Waals surface area contributed by atoms with E-state index in [2.05, 4.69) is 39.3 Å². The highest BCUT2D eigenvalue weighted by Crippen LogP contribution is 2.35. The highest BCUT2D eigenvalue weighted by molar-refractivity contribution is 6.29. The first kappa shape index (κ1) is 27.6. The average molecular weight is 542 g/mol. The molecule has 3 N–H and O–H groups in total. The summed E-state index contributed by atoms with van der Waals surface area (Å²) >= 11 is 6.07. The Morgan fingerprint density at radius 3 is 2.42 bits per heavy atom. The van der Waals surface area contributed by atoms with Crippen molar-refractivity contribution in [2.24, 2.45) is 5.92 Å². The molecule has 5 rings (SSSR count). The lowest BCUT2D eigenvalue weighted by Crippen LogP contribution is -2.43. The minimum Gasteiger partial charge on any atom is -0.393 e. The number of aliphatic hydroxyl groups is 1. The summed E-state index contributed by atoms with van der Waals surface area (Å²) in [6.45, 7) is 10.6. The number of pyridine rings is 1. The summed E-state index contributed by atoms with van der Waals surface area (Å²) in [5.41, 5.74) is 2.04. The van der Waals surface area contributed by atoms with Crippen molar-refractivity contribution in [3.05, 3.63) is 35.2 Å². The number of rotatable bonds is 8. The maximum atomic E-state index is 9.98. The van der Waals surface area contributed by atoms with E-state index in [0.717, 1.165) is 69.0 Å². The first-order valence-electron chi connectivity index (χ1n) is 14.6. The molecule has 1 saturated carbocycles. The summed E-state index contributed by atoms with van der Waals surface area (Å²) in [6, 6.07) is 4.63. The van der Waals surface area contributed by atoms with Gasteiger partial charge in [0.05, 0.1) is 6.10 Å². The van der Waals surface area contributed by atoms with Crippen LogP contribution < -0.4 is 10.6 Å². The van der Waals surface area contributed by atoms with Gasteiger partial charge < -0.3 is 25.5 Å². The van der Waals surface area contributed by atoms with Crippen molar-refractivity contribution in [1.82, 2.24) is 24.8 Å². The van der Waals surface area contributed by atoms with Gasteiger partial charge in [-0.2, -0.15) is 4.98 Å². The predicted octanol–water partition coefficient (Wildman–Crippen LogP) is 5.28. The van der Waals surface area contributed by atoms with E-state index in [9.17, 15) is 5.11 Å². The Labute approximate surface area is 232 Å². The third kappa shape index (κ3) is 7.34. The third-order valence-electron chi connectivity index (χ3n) is 8.76. The van der Waals surface area contributed by atoms with Gasteiger partial charge >= 0.3 is 0 Å². The van der Waals surface area contributed by atoms with Gasteiger partial charge in [0.1, 0.15) is 11.0 Å². The second-order valence-corrected chi connectivity index (χ2v) is 12.2. The Bertz CT molecular complexity index is 1030. The fourth-order valence-corrected chi connectivity index (χ4v) is 6.51. The average Bonchev–Trinajstić information content (AvgIpc) is 2.91. The molecule has 38 heavy (non-hydrogen) atoms. The molecule has 2 saturated heterocycles. The van der Waals surface area contributed by atoms with E-state index >= 15 is 0 Å². The maximum Gasteiger partial charge on any atom is 0.229 e.